The zero-order valence-electron chi connectivity index (χ0n) is 9.73. The van der Waals surface area contributed by atoms with E-state index in [4.69, 9.17) is 11.5 Å². The smallest absolute Gasteiger partial charge is 0.319 e. The van der Waals surface area contributed by atoms with Crippen molar-refractivity contribution in [3.63, 3.8) is 0 Å². The minimum atomic E-state index is -0.484. The van der Waals surface area contributed by atoms with Crippen LogP contribution < -0.4 is 16.4 Å². The summed E-state index contributed by atoms with van der Waals surface area (Å²) in [4.78, 5) is 16.0. The van der Waals surface area contributed by atoms with E-state index < -0.39 is 6.03 Å². The lowest BCUT2D eigenvalue weighted by Gasteiger charge is -2.19. The van der Waals surface area contributed by atoms with Gasteiger partial charge in [-0.3, -0.25) is 4.90 Å². The van der Waals surface area contributed by atoms with E-state index in [9.17, 15) is 4.79 Å². The molecule has 90 valence electrons. The molecule has 5 N–H and O–H groups in total. The van der Waals surface area contributed by atoms with Crippen molar-refractivity contribution in [2.75, 3.05) is 18.0 Å². The second-order valence-electron chi connectivity index (χ2n) is 4.00. The fourth-order valence-electron chi connectivity index (χ4n) is 1.93. The highest BCUT2D eigenvalue weighted by Crippen LogP contribution is 2.22. The van der Waals surface area contributed by atoms with E-state index in [1.165, 1.54) is 4.90 Å². The predicted octanol–water partition coefficient (Wildman–Crippen LogP) is 1.32. The van der Waals surface area contributed by atoms with Crippen molar-refractivity contribution >= 4 is 22.6 Å². The molecule has 0 spiro atoms. The fraction of sp³-hybridized carbons (Fsp3) is 0.250. The largest absolute Gasteiger partial charge is 0.359 e. The Morgan fingerprint density at radius 3 is 2.82 bits per heavy atom. The number of anilines is 1. The van der Waals surface area contributed by atoms with E-state index in [-0.39, 0.29) is 0 Å². The molecule has 17 heavy (non-hydrogen) atoms. The van der Waals surface area contributed by atoms with Gasteiger partial charge in [-0.25, -0.2) is 4.79 Å². The van der Waals surface area contributed by atoms with Gasteiger partial charge in [0.25, 0.3) is 0 Å². The summed E-state index contributed by atoms with van der Waals surface area (Å²) in [5.74, 6) is 0. The summed E-state index contributed by atoms with van der Waals surface area (Å²) in [5, 5.41) is 1.06. The van der Waals surface area contributed by atoms with Crippen LogP contribution in [0.2, 0.25) is 0 Å². The van der Waals surface area contributed by atoms with Gasteiger partial charge in [0.2, 0.25) is 0 Å². The van der Waals surface area contributed by atoms with Crippen LogP contribution in [0.4, 0.5) is 10.5 Å². The van der Waals surface area contributed by atoms with Crippen molar-refractivity contribution in [2.45, 2.75) is 6.92 Å². The van der Waals surface area contributed by atoms with Crippen molar-refractivity contribution in [1.29, 1.82) is 0 Å². The zero-order chi connectivity index (χ0) is 12.4. The summed E-state index contributed by atoms with van der Waals surface area (Å²) >= 11 is 0. The van der Waals surface area contributed by atoms with Crippen LogP contribution in [0.25, 0.3) is 10.9 Å². The van der Waals surface area contributed by atoms with Gasteiger partial charge in [0.15, 0.2) is 0 Å². The zero-order valence-corrected chi connectivity index (χ0v) is 9.73. The Labute approximate surface area is 99.4 Å². The predicted molar refractivity (Wildman–Crippen MR) is 69.0 cm³/mol. The summed E-state index contributed by atoms with van der Waals surface area (Å²) in [6.45, 7) is 2.79. The molecule has 5 nitrogen and oxygen atoms in total. The van der Waals surface area contributed by atoms with Gasteiger partial charge in [-0.1, -0.05) is 0 Å². The number of hydrogen-bond acceptors (Lipinski definition) is 2. The number of hydrogen-bond donors (Lipinski definition) is 3. The summed E-state index contributed by atoms with van der Waals surface area (Å²) in [6.07, 6.45) is 0. The summed E-state index contributed by atoms with van der Waals surface area (Å²) in [5.41, 5.74) is 13.7. The lowest BCUT2D eigenvalue weighted by atomic mass is 10.2. The number of aryl methyl sites for hydroxylation is 1. The van der Waals surface area contributed by atoms with Gasteiger partial charge in [0.05, 0.1) is 0 Å². The first-order valence-electron chi connectivity index (χ1n) is 5.48. The van der Waals surface area contributed by atoms with E-state index >= 15 is 0 Å². The molecular formula is C12H16N4O. The minimum Gasteiger partial charge on any atom is -0.359 e. The average Bonchev–Trinajstić information content (AvgIpc) is 2.64. The fourth-order valence-corrected chi connectivity index (χ4v) is 1.93. The van der Waals surface area contributed by atoms with Gasteiger partial charge in [-0.05, 0) is 31.2 Å². The molecule has 0 bridgehead atoms. The third kappa shape index (κ3) is 2.24. The van der Waals surface area contributed by atoms with E-state index in [1.807, 2.05) is 31.2 Å². The molecule has 2 rings (SSSR count). The number of aromatic nitrogens is 1. The van der Waals surface area contributed by atoms with Crippen LogP contribution in [0.5, 0.6) is 0 Å². The number of nitrogens with one attached hydrogen (secondary N) is 1. The Balaban J connectivity index is 2.42. The van der Waals surface area contributed by atoms with Gasteiger partial charge in [-0.2, -0.15) is 0 Å². The number of rotatable bonds is 3. The van der Waals surface area contributed by atoms with Crippen LogP contribution in [-0.2, 0) is 0 Å². The molecule has 1 aromatic heterocycles. The van der Waals surface area contributed by atoms with Gasteiger partial charge < -0.3 is 16.5 Å². The highest BCUT2D eigenvalue weighted by atomic mass is 16.2. The average molecular weight is 232 g/mol. The van der Waals surface area contributed by atoms with Crippen molar-refractivity contribution < 1.29 is 4.79 Å². The molecule has 0 fully saturated rings. The standard InChI is InChI=1S/C12H16N4O/c1-8-6-9-7-10(2-3-11(9)15-8)16(5-4-13)12(14)17/h2-3,6-7,15H,4-5,13H2,1H3,(H2,14,17). The summed E-state index contributed by atoms with van der Waals surface area (Å²) < 4.78 is 0. The van der Waals surface area contributed by atoms with E-state index in [0.29, 0.717) is 13.1 Å². The first kappa shape index (κ1) is 11.5. The van der Waals surface area contributed by atoms with Crippen LogP contribution in [0.3, 0.4) is 0 Å². The number of primary amides is 1. The Morgan fingerprint density at radius 1 is 1.41 bits per heavy atom. The minimum absolute atomic E-state index is 0.382. The monoisotopic (exact) mass is 232 g/mol. The maximum Gasteiger partial charge on any atom is 0.319 e. The number of amides is 2. The van der Waals surface area contributed by atoms with Gasteiger partial charge >= 0.3 is 6.03 Å². The summed E-state index contributed by atoms with van der Waals surface area (Å²) in [7, 11) is 0. The molecule has 5 heteroatoms. The number of fused-ring (bicyclic) bond motifs is 1. The molecule has 1 heterocycles. The third-order valence-electron chi connectivity index (χ3n) is 2.67. The summed E-state index contributed by atoms with van der Waals surface area (Å²) in [6, 6.07) is 7.27. The number of carbonyl (C=O) groups excluding carboxylic acids is 1. The molecule has 1 aromatic carbocycles. The Morgan fingerprint density at radius 2 is 2.18 bits per heavy atom. The Hall–Kier alpha value is -2.01. The topological polar surface area (TPSA) is 88.1 Å². The lowest BCUT2D eigenvalue weighted by Crippen LogP contribution is -2.39. The maximum atomic E-state index is 11.3. The number of carbonyl (C=O) groups is 1. The van der Waals surface area contributed by atoms with Crippen LogP contribution in [-0.4, -0.2) is 24.1 Å². The number of nitrogens with two attached hydrogens (primary N) is 2. The molecule has 0 aliphatic rings. The van der Waals surface area contributed by atoms with Gasteiger partial charge in [0.1, 0.15) is 0 Å². The molecule has 0 saturated heterocycles. The molecule has 0 radical (unpaired) electrons. The van der Waals surface area contributed by atoms with Crippen LogP contribution >= 0.6 is 0 Å². The lowest BCUT2D eigenvalue weighted by molar-refractivity contribution is 0.254. The Bertz CT molecular complexity index is 546. The number of H-pyrrole nitrogens is 1. The van der Waals surface area contributed by atoms with Crippen LogP contribution in [0, 0.1) is 6.92 Å². The Kier molecular flexibility index (Phi) is 3.01. The maximum absolute atomic E-state index is 11.3. The molecule has 0 atom stereocenters. The van der Waals surface area contributed by atoms with Crippen LogP contribution in [0.1, 0.15) is 5.69 Å². The van der Waals surface area contributed by atoms with Crippen molar-refractivity contribution in [1.82, 2.24) is 4.98 Å². The SMILES string of the molecule is Cc1cc2cc(N(CCN)C(N)=O)ccc2[nH]1. The van der Waals surface area contributed by atoms with E-state index in [1.54, 1.807) is 0 Å². The van der Waals surface area contributed by atoms with E-state index in [0.717, 1.165) is 22.3 Å². The van der Waals surface area contributed by atoms with E-state index in [2.05, 4.69) is 4.98 Å². The number of aromatic amines is 1. The molecule has 0 saturated carbocycles. The quantitative estimate of drug-likeness (QED) is 0.745. The first-order valence-corrected chi connectivity index (χ1v) is 5.48. The molecule has 0 aliphatic carbocycles. The third-order valence-corrected chi connectivity index (χ3v) is 2.67. The van der Waals surface area contributed by atoms with Gasteiger partial charge in [-0.15, -0.1) is 0 Å². The first-order chi connectivity index (χ1) is 8.11. The normalized spacial score (nSPS) is 10.7. The highest BCUT2D eigenvalue weighted by Gasteiger charge is 2.11. The van der Waals surface area contributed by atoms with Crippen molar-refractivity contribution in [3.05, 3.63) is 30.0 Å². The number of urea groups is 1. The molecular weight excluding hydrogens is 216 g/mol. The van der Waals surface area contributed by atoms with Gasteiger partial charge in [0, 0.05) is 35.4 Å². The molecule has 2 amide bonds. The second-order valence-corrected chi connectivity index (χ2v) is 4.00. The van der Waals surface area contributed by atoms with Crippen LogP contribution in [0.15, 0.2) is 24.3 Å². The second kappa shape index (κ2) is 4.47. The highest BCUT2D eigenvalue weighted by molar-refractivity contribution is 5.94. The van der Waals surface area contributed by atoms with Crippen molar-refractivity contribution in [2.24, 2.45) is 11.5 Å². The van der Waals surface area contributed by atoms with Crippen molar-refractivity contribution in [3.8, 4) is 0 Å². The molecule has 0 aliphatic heterocycles. The molecule has 0 unspecified atom stereocenters. The number of nitrogens with zero attached hydrogens (tertiary/aromatic N) is 1. The molecule has 2 aromatic rings. The number of benzene rings is 1.